The lowest BCUT2D eigenvalue weighted by atomic mass is 10.1. The molecule has 4 nitrogen and oxygen atoms in total. The number of aromatic nitrogens is 1. The van der Waals surface area contributed by atoms with Crippen LogP contribution in [0, 0.1) is 10.1 Å². The number of nitrogens with zero attached hydrogens (tertiary/aromatic N) is 2. The summed E-state index contributed by atoms with van der Waals surface area (Å²) in [6.07, 6.45) is 7.13. The molecule has 0 saturated heterocycles. The van der Waals surface area contributed by atoms with Gasteiger partial charge < -0.3 is 0 Å². The van der Waals surface area contributed by atoms with E-state index in [4.69, 9.17) is 0 Å². The van der Waals surface area contributed by atoms with E-state index in [1.807, 2.05) is 30.4 Å². The molecule has 1 aromatic carbocycles. The number of nitro benzene ring substituents is 1. The van der Waals surface area contributed by atoms with Gasteiger partial charge >= 0.3 is 0 Å². The third-order valence-corrected chi connectivity index (χ3v) is 2.26. The largest absolute Gasteiger partial charge is 0.270 e. The van der Waals surface area contributed by atoms with Gasteiger partial charge in [-0.25, -0.2) is 0 Å². The summed E-state index contributed by atoms with van der Waals surface area (Å²) >= 11 is 2.29. The van der Waals surface area contributed by atoms with Crippen LogP contribution in [0.15, 0.2) is 48.8 Å². The maximum Gasteiger partial charge on any atom is 0.270 e. The van der Waals surface area contributed by atoms with E-state index in [-0.39, 0.29) is 5.69 Å². The van der Waals surface area contributed by atoms with Crippen molar-refractivity contribution in [2.24, 2.45) is 0 Å². The molecule has 0 spiro atoms. The summed E-state index contributed by atoms with van der Waals surface area (Å²) in [4.78, 5) is 14.1. The zero-order chi connectivity index (χ0) is 14.8. The Morgan fingerprint density at radius 3 is 2.40 bits per heavy atom. The molecule has 2 rings (SSSR count). The molecule has 0 unspecified atom stereocenters. The van der Waals surface area contributed by atoms with E-state index in [9.17, 15) is 10.1 Å². The van der Waals surface area contributed by atoms with Crippen molar-refractivity contribution < 1.29 is 4.92 Å². The van der Waals surface area contributed by atoms with Crippen molar-refractivity contribution in [2.45, 2.75) is 6.92 Å². The van der Waals surface area contributed by atoms with Crippen molar-refractivity contribution >= 4 is 40.4 Å². The molecule has 0 atom stereocenters. The quantitative estimate of drug-likeness (QED) is 0.337. The van der Waals surface area contributed by atoms with Crippen molar-refractivity contribution in [3.8, 4) is 0 Å². The van der Waals surface area contributed by atoms with E-state index in [2.05, 4.69) is 34.5 Å². The van der Waals surface area contributed by atoms with Crippen LogP contribution in [0.4, 0.5) is 5.69 Å². The zero-order valence-electron chi connectivity index (χ0n) is 11.1. The van der Waals surface area contributed by atoms with Crippen molar-refractivity contribution in [1.29, 1.82) is 0 Å². The van der Waals surface area contributed by atoms with E-state index in [0.717, 1.165) is 11.1 Å². The Morgan fingerprint density at radius 2 is 1.80 bits per heavy atom. The number of alkyl halides is 1. The first kappa shape index (κ1) is 16.3. The number of hydrogen-bond donors (Lipinski definition) is 0. The summed E-state index contributed by atoms with van der Waals surface area (Å²) in [6.45, 7) is 2.11. The van der Waals surface area contributed by atoms with Crippen molar-refractivity contribution in [1.82, 2.24) is 4.98 Å². The van der Waals surface area contributed by atoms with Crippen LogP contribution >= 0.6 is 22.6 Å². The lowest BCUT2D eigenvalue weighted by Crippen LogP contribution is -1.87. The highest BCUT2D eigenvalue weighted by molar-refractivity contribution is 14.1. The molecule has 104 valence electrons. The number of pyridine rings is 1. The molecule has 1 aromatic heterocycles. The summed E-state index contributed by atoms with van der Waals surface area (Å²) in [7, 11) is 0. The first-order valence-corrected chi connectivity index (χ1v) is 7.58. The van der Waals surface area contributed by atoms with Gasteiger partial charge in [-0.05, 0) is 27.7 Å². The molecule has 2 aromatic rings. The molecule has 0 amide bonds. The summed E-state index contributed by atoms with van der Waals surface area (Å²) < 4.78 is 1.22. The van der Waals surface area contributed by atoms with Gasteiger partial charge in [-0.1, -0.05) is 53.8 Å². The highest BCUT2D eigenvalue weighted by Crippen LogP contribution is 2.15. The van der Waals surface area contributed by atoms with E-state index < -0.39 is 4.92 Å². The van der Waals surface area contributed by atoms with Gasteiger partial charge in [0.25, 0.3) is 5.69 Å². The molecule has 0 aliphatic carbocycles. The minimum atomic E-state index is -0.399. The maximum absolute atomic E-state index is 10.6. The number of benzene rings is 1. The monoisotopic (exact) mass is 382 g/mol. The number of nitro groups is 1. The van der Waals surface area contributed by atoms with Crippen LogP contribution in [0.2, 0.25) is 0 Å². The molecule has 0 bridgehead atoms. The lowest BCUT2D eigenvalue weighted by molar-refractivity contribution is -0.384. The van der Waals surface area contributed by atoms with E-state index >= 15 is 0 Å². The lowest BCUT2D eigenvalue weighted by Gasteiger charge is -1.94. The predicted octanol–water partition coefficient (Wildman–Crippen LogP) is 4.60. The van der Waals surface area contributed by atoms with Gasteiger partial charge in [0.2, 0.25) is 0 Å². The van der Waals surface area contributed by atoms with Crippen LogP contribution < -0.4 is 0 Å². The Kier molecular flexibility index (Phi) is 7.49. The highest BCUT2D eigenvalue weighted by Gasteiger charge is 2.03. The van der Waals surface area contributed by atoms with Gasteiger partial charge in [-0.2, -0.15) is 0 Å². The number of non-ortho nitro benzene ring substituents is 1. The minimum Gasteiger partial charge on any atom is -0.265 e. The summed E-state index contributed by atoms with van der Waals surface area (Å²) in [6, 6.07) is 10.2. The maximum atomic E-state index is 10.6. The molecule has 0 aliphatic heterocycles. The van der Waals surface area contributed by atoms with Crippen molar-refractivity contribution in [2.75, 3.05) is 4.43 Å². The molecule has 1 heterocycles. The molecule has 0 saturated carbocycles. The van der Waals surface area contributed by atoms with Crippen LogP contribution in [0.5, 0.6) is 0 Å². The Hall–Kier alpha value is -1.76. The van der Waals surface area contributed by atoms with Crippen LogP contribution in [-0.2, 0) is 0 Å². The fraction of sp³-hybridized carbons (Fsp3) is 0.133. The Balaban J connectivity index is 0.000000612. The average Bonchev–Trinajstić information content (AvgIpc) is 2.47. The topological polar surface area (TPSA) is 56.0 Å². The van der Waals surface area contributed by atoms with Gasteiger partial charge in [-0.3, -0.25) is 15.1 Å². The van der Waals surface area contributed by atoms with Gasteiger partial charge in [0.1, 0.15) is 0 Å². The average molecular weight is 382 g/mol. The van der Waals surface area contributed by atoms with E-state index in [1.54, 1.807) is 18.5 Å². The van der Waals surface area contributed by atoms with Crippen molar-refractivity contribution in [3.05, 3.63) is 70.0 Å². The fourth-order valence-electron chi connectivity index (χ4n) is 1.41. The van der Waals surface area contributed by atoms with E-state index in [0.29, 0.717) is 0 Å². The first-order chi connectivity index (χ1) is 9.67. The van der Waals surface area contributed by atoms with Crippen LogP contribution in [0.1, 0.15) is 18.1 Å². The van der Waals surface area contributed by atoms with Crippen LogP contribution in [0.25, 0.3) is 12.2 Å². The van der Waals surface area contributed by atoms with Gasteiger partial charge in [-0.15, -0.1) is 0 Å². The third-order valence-electron chi connectivity index (χ3n) is 2.26. The van der Waals surface area contributed by atoms with Crippen LogP contribution in [-0.4, -0.2) is 14.3 Å². The summed E-state index contributed by atoms with van der Waals surface area (Å²) in [5.41, 5.74) is 1.91. The smallest absolute Gasteiger partial charge is 0.265 e. The van der Waals surface area contributed by atoms with Crippen molar-refractivity contribution in [3.63, 3.8) is 0 Å². The Labute approximate surface area is 131 Å². The molecule has 0 aliphatic rings. The second-order valence-electron chi connectivity index (χ2n) is 3.73. The number of halogens is 1. The minimum absolute atomic E-state index is 0.0990. The first-order valence-electron chi connectivity index (χ1n) is 6.06. The predicted molar refractivity (Wildman–Crippen MR) is 90.8 cm³/mol. The van der Waals surface area contributed by atoms with Gasteiger partial charge in [0.15, 0.2) is 0 Å². The molecular weight excluding hydrogens is 367 g/mol. The Morgan fingerprint density at radius 1 is 1.20 bits per heavy atom. The number of hydrogen-bond acceptors (Lipinski definition) is 3. The van der Waals surface area contributed by atoms with Crippen LogP contribution in [0.3, 0.4) is 0 Å². The standard InChI is InChI=1S/C13H10N2O2.C2H5I/c16-15(17)13-3-1-2-12(10-13)5-4-11-6-8-14-9-7-11;1-2-3/h1-10H;2H2,1H3. The third kappa shape index (κ3) is 5.92. The SMILES string of the molecule is CCI.O=[N+]([O-])c1cccc(C=Cc2ccncc2)c1. The molecule has 0 N–H and O–H groups in total. The molecule has 5 heteroatoms. The van der Waals surface area contributed by atoms with Gasteiger partial charge in [0.05, 0.1) is 4.92 Å². The Bertz CT molecular complexity index is 571. The second kappa shape index (κ2) is 9.19. The molecular formula is C15H15IN2O2. The van der Waals surface area contributed by atoms with Gasteiger partial charge in [0, 0.05) is 24.5 Å². The van der Waals surface area contributed by atoms with E-state index in [1.165, 1.54) is 16.6 Å². The second-order valence-corrected chi connectivity index (χ2v) is 5.26. The summed E-state index contributed by atoms with van der Waals surface area (Å²) in [5, 5.41) is 10.6. The fourth-order valence-corrected chi connectivity index (χ4v) is 1.41. The normalized spacial score (nSPS) is 9.90. The zero-order valence-corrected chi connectivity index (χ0v) is 13.2. The number of rotatable bonds is 3. The highest BCUT2D eigenvalue weighted by atomic mass is 127. The molecule has 20 heavy (non-hydrogen) atoms. The molecule has 0 radical (unpaired) electrons. The molecule has 0 fully saturated rings. The summed E-state index contributed by atoms with van der Waals surface area (Å²) in [5.74, 6) is 0.